The van der Waals surface area contributed by atoms with Crippen LogP contribution in [-0.2, 0) is 0 Å². The van der Waals surface area contributed by atoms with Gasteiger partial charge >= 0.3 is 0 Å². The second kappa shape index (κ2) is 6.49. The van der Waals surface area contributed by atoms with E-state index in [9.17, 15) is 9.18 Å². The molecule has 1 amide bonds. The van der Waals surface area contributed by atoms with Gasteiger partial charge in [-0.3, -0.25) is 9.78 Å². The smallest absolute Gasteiger partial charge is 0.289 e. The molecule has 0 spiro atoms. The number of benzene rings is 2. The molecule has 1 N–H and O–H groups in total. The lowest BCUT2D eigenvalue weighted by Gasteiger charge is -2.02. The first kappa shape index (κ1) is 15.5. The van der Waals surface area contributed by atoms with Crippen LogP contribution in [0.15, 0.2) is 70.7 Å². The predicted molar refractivity (Wildman–Crippen MR) is 99.3 cm³/mol. The van der Waals surface area contributed by atoms with Gasteiger partial charge < -0.3 is 5.32 Å². The third kappa shape index (κ3) is 3.44. The van der Waals surface area contributed by atoms with E-state index in [1.54, 1.807) is 18.3 Å². The number of carbonyl (C=O) groups excluding carboxylic acids is 1. The third-order valence-corrected chi connectivity index (χ3v) is 4.45. The van der Waals surface area contributed by atoms with Crippen LogP contribution in [0.5, 0.6) is 0 Å². The Morgan fingerprint density at radius 1 is 1.12 bits per heavy atom. The number of carbonyl (C=O) groups is 1. The summed E-state index contributed by atoms with van der Waals surface area (Å²) in [6, 6.07) is 15.7. The Hall–Kier alpha value is -2.99. The SMILES string of the molecule is O=C1NC(=Nc2cccc(F)c2)C(=Cc2ccc3ncccc3c2)S1. The van der Waals surface area contributed by atoms with Gasteiger partial charge in [-0.15, -0.1) is 0 Å². The number of halogens is 1. The van der Waals surface area contributed by atoms with Gasteiger partial charge in [-0.05, 0) is 59.8 Å². The van der Waals surface area contributed by atoms with Crippen molar-refractivity contribution >= 4 is 45.5 Å². The average Bonchev–Trinajstić information content (AvgIpc) is 2.94. The fourth-order valence-corrected chi connectivity index (χ4v) is 3.26. The van der Waals surface area contributed by atoms with Crippen LogP contribution in [0.2, 0.25) is 0 Å². The zero-order valence-corrected chi connectivity index (χ0v) is 13.8. The van der Waals surface area contributed by atoms with Gasteiger partial charge in [0.1, 0.15) is 11.7 Å². The van der Waals surface area contributed by atoms with Crippen molar-refractivity contribution < 1.29 is 9.18 Å². The summed E-state index contributed by atoms with van der Waals surface area (Å²) in [6.45, 7) is 0. The quantitative estimate of drug-likeness (QED) is 0.716. The highest BCUT2D eigenvalue weighted by Gasteiger charge is 2.23. The van der Waals surface area contributed by atoms with Gasteiger partial charge in [0.05, 0.1) is 16.1 Å². The van der Waals surface area contributed by atoms with E-state index in [2.05, 4.69) is 15.3 Å². The second-order valence-electron chi connectivity index (χ2n) is 5.42. The zero-order chi connectivity index (χ0) is 17.2. The van der Waals surface area contributed by atoms with Gasteiger partial charge in [0.15, 0.2) is 0 Å². The van der Waals surface area contributed by atoms with Crippen LogP contribution in [0.25, 0.3) is 17.0 Å². The molecule has 25 heavy (non-hydrogen) atoms. The van der Waals surface area contributed by atoms with Gasteiger partial charge in [0.25, 0.3) is 5.24 Å². The van der Waals surface area contributed by atoms with Crippen LogP contribution in [0, 0.1) is 5.82 Å². The van der Waals surface area contributed by atoms with Gasteiger partial charge in [0.2, 0.25) is 0 Å². The molecule has 2 aromatic carbocycles. The number of hydrogen-bond donors (Lipinski definition) is 1. The minimum atomic E-state index is -0.369. The van der Waals surface area contributed by atoms with Crippen LogP contribution >= 0.6 is 11.8 Å². The Labute approximate surface area is 147 Å². The molecule has 3 aromatic rings. The molecule has 6 heteroatoms. The first-order valence-corrected chi connectivity index (χ1v) is 8.39. The van der Waals surface area contributed by atoms with Gasteiger partial charge in [0, 0.05) is 11.6 Å². The number of amidine groups is 1. The van der Waals surface area contributed by atoms with Crippen molar-refractivity contribution in [1.82, 2.24) is 10.3 Å². The Bertz CT molecular complexity index is 1050. The molecule has 1 aromatic heterocycles. The van der Waals surface area contributed by atoms with Crippen LogP contribution in [0.4, 0.5) is 14.9 Å². The van der Waals surface area contributed by atoms with Crippen LogP contribution in [0.1, 0.15) is 5.56 Å². The van der Waals surface area contributed by atoms with E-state index in [-0.39, 0.29) is 11.1 Å². The molecule has 0 saturated carbocycles. The highest BCUT2D eigenvalue weighted by atomic mass is 32.2. The molecule has 0 aliphatic carbocycles. The Morgan fingerprint density at radius 3 is 2.92 bits per heavy atom. The van der Waals surface area contributed by atoms with E-state index in [1.165, 1.54) is 12.1 Å². The monoisotopic (exact) mass is 349 g/mol. The summed E-state index contributed by atoms with van der Waals surface area (Å²) in [5.41, 5.74) is 2.30. The van der Waals surface area contributed by atoms with Crippen LogP contribution < -0.4 is 5.32 Å². The van der Waals surface area contributed by atoms with Crippen LogP contribution in [-0.4, -0.2) is 16.1 Å². The summed E-state index contributed by atoms with van der Waals surface area (Å²) in [5, 5.41) is 3.51. The molecule has 1 saturated heterocycles. The van der Waals surface area contributed by atoms with Crippen molar-refractivity contribution in [3.8, 4) is 0 Å². The van der Waals surface area contributed by atoms with Crippen molar-refractivity contribution in [1.29, 1.82) is 0 Å². The largest absolute Gasteiger partial charge is 0.300 e. The maximum absolute atomic E-state index is 13.3. The van der Waals surface area contributed by atoms with Crippen molar-refractivity contribution in [3.63, 3.8) is 0 Å². The predicted octanol–water partition coefficient (Wildman–Crippen LogP) is 4.90. The maximum atomic E-state index is 13.3. The number of nitrogens with one attached hydrogen (secondary N) is 1. The van der Waals surface area contributed by atoms with E-state index in [0.29, 0.717) is 16.4 Å². The van der Waals surface area contributed by atoms with Crippen molar-refractivity contribution in [2.75, 3.05) is 0 Å². The third-order valence-electron chi connectivity index (χ3n) is 3.63. The summed E-state index contributed by atoms with van der Waals surface area (Å²) in [4.78, 5) is 21.1. The fourth-order valence-electron chi connectivity index (χ4n) is 2.52. The highest BCUT2D eigenvalue weighted by Crippen LogP contribution is 2.29. The van der Waals surface area contributed by atoms with Crippen molar-refractivity contribution in [3.05, 3.63) is 77.1 Å². The fraction of sp³-hybridized carbons (Fsp3) is 0. The van der Waals surface area contributed by atoms with Crippen molar-refractivity contribution in [2.45, 2.75) is 0 Å². The number of aromatic nitrogens is 1. The van der Waals surface area contributed by atoms with E-state index >= 15 is 0 Å². The molecule has 1 aliphatic rings. The summed E-state index contributed by atoms with van der Waals surface area (Å²) in [7, 11) is 0. The number of aliphatic imine (C=N–C) groups is 1. The molecule has 2 heterocycles. The van der Waals surface area contributed by atoms with E-state index in [1.807, 2.05) is 36.4 Å². The lowest BCUT2D eigenvalue weighted by molar-refractivity contribution is 0.265. The van der Waals surface area contributed by atoms with E-state index in [4.69, 9.17) is 0 Å². The minimum absolute atomic E-state index is 0.205. The number of thioether (sulfide) groups is 1. The Morgan fingerprint density at radius 2 is 2.04 bits per heavy atom. The Balaban J connectivity index is 1.73. The first-order valence-electron chi connectivity index (χ1n) is 7.57. The average molecular weight is 349 g/mol. The molecule has 0 atom stereocenters. The number of fused-ring (bicyclic) bond motifs is 1. The van der Waals surface area contributed by atoms with Crippen molar-refractivity contribution in [2.24, 2.45) is 4.99 Å². The Kier molecular flexibility index (Phi) is 4.03. The van der Waals surface area contributed by atoms with E-state index in [0.717, 1.165) is 28.2 Å². The van der Waals surface area contributed by atoms with Crippen LogP contribution in [0.3, 0.4) is 0 Å². The summed E-state index contributed by atoms with van der Waals surface area (Å²) >= 11 is 1.07. The van der Waals surface area contributed by atoms with Gasteiger partial charge in [-0.1, -0.05) is 18.2 Å². The molecular weight excluding hydrogens is 337 g/mol. The number of nitrogens with zero attached hydrogens (tertiary/aromatic N) is 2. The lowest BCUT2D eigenvalue weighted by atomic mass is 10.1. The molecule has 4 rings (SSSR count). The van der Waals surface area contributed by atoms with Gasteiger partial charge in [-0.25, -0.2) is 9.38 Å². The van der Waals surface area contributed by atoms with E-state index < -0.39 is 0 Å². The minimum Gasteiger partial charge on any atom is -0.300 e. The first-order chi connectivity index (χ1) is 12.2. The molecule has 122 valence electrons. The molecule has 1 fully saturated rings. The summed E-state index contributed by atoms with van der Waals surface area (Å²) in [5.74, 6) is 0.0540. The standard InChI is InChI=1S/C19H12FN3OS/c20-14-4-1-5-15(11-14)22-18-17(25-19(24)23-18)10-12-6-7-16-13(9-12)3-2-8-21-16/h1-11H,(H,22,23,24). The molecule has 1 aliphatic heterocycles. The number of amides is 1. The van der Waals surface area contributed by atoms with Gasteiger partial charge in [-0.2, -0.15) is 0 Å². The number of rotatable bonds is 2. The molecule has 4 nitrogen and oxygen atoms in total. The topological polar surface area (TPSA) is 54.4 Å². The summed E-state index contributed by atoms with van der Waals surface area (Å²) < 4.78 is 13.3. The zero-order valence-electron chi connectivity index (χ0n) is 12.9. The normalized spacial score (nSPS) is 17.4. The molecule has 0 bridgehead atoms. The molecular formula is C19H12FN3OS. The second-order valence-corrected chi connectivity index (χ2v) is 6.43. The summed E-state index contributed by atoms with van der Waals surface area (Å²) in [6.07, 6.45) is 3.63. The highest BCUT2D eigenvalue weighted by molar-refractivity contribution is 8.18. The maximum Gasteiger partial charge on any atom is 0.289 e. The lowest BCUT2D eigenvalue weighted by Crippen LogP contribution is -2.18. The number of pyridine rings is 1. The molecule has 0 unspecified atom stereocenters. The number of hydrogen-bond acceptors (Lipinski definition) is 4. The molecule has 0 radical (unpaired) electrons.